The number of carbonyl (C=O) groups is 1. The number of fused-ring (bicyclic) bond motifs is 2. The smallest absolute Gasteiger partial charge is 0.196 e. The summed E-state index contributed by atoms with van der Waals surface area (Å²) in [5.74, 6) is 0.321. The monoisotopic (exact) mass is 388 g/mol. The Bertz CT molecular complexity index is 1210. The molecule has 1 heterocycles. The molecule has 0 unspecified atom stereocenters. The molecule has 0 amide bonds. The Morgan fingerprint density at radius 2 is 1.62 bits per heavy atom. The molecule has 0 bridgehead atoms. The quantitative estimate of drug-likeness (QED) is 0.615. The van der Waals surface area contributed by atoms with Crippen molar-refractivity contribution in [3.05, 3.63) is 75.7 Å². The van der Waals surface area contributed by atoms with E-state index in [1.165, 1.54) is 6.07 Å². The predicted octanol–water partition coefficient (Wildman–Crippen LogP) is 5.78. The molecule has 1 N–H and O–H groups in total. The molecule has 0 saturated heterocycles. The van der Waals surface area contributed by atoms with Crippen LogP contribution in [0.25, 0.3) is 27.9 Å². The zero-order valence-corrected chi connectivity index (χ0v) is 16.9. The minimum atomic E-state index is -0.932. The van der Waals surface area contributed by atoms with Crippen LogP contribution in [0.2, 0.25) is 0 Å². The highest BCUT2D eigenvalue weighted by molar-refractivity contribution is 6.10. The van der Waals surface area contributed by atoms with Gasteiger partial charge in [-0.05, 0) is 36.1 Å². The van der Waals surface area contributed by atoms with Gasteiger partial charge in [-0.15, -0.1) is 0 Å². The molecule has 0 saturated carbocycles. The van der Waals surface area contributed by atoms with Crippen molar-refractivity contribution in [1.82, 2.24) is 0 Å². The summed E-state index contributed by atoms with van der Waals surface area (Å²) in [5, 5.41) is 12.8. The second-order valence-corrected chi connectivity index (χ2v) is 7.54. The van der Waals surface area contributed by atoms with Gasteiger partial charge in [0.15, 0.2) is 11.2 Å². The molecule has 0 atom stereocenters. The van der Waals surface area contributed by atoms with E-state index >= 15 is 0 Å². The standard InChI is InChI=1S/C25H24O4/c1-4-18-22(27)21-19(26)14-20(29-24(21)25(5-2,6-3)23(18)28)17-12-11-15-9-7-8-10-16(15)13-17/h7-14,27H,4-6H2,1-3H3. The lowest BCUT2D eigenvalue weighted by Crippen LogP contribution is -2.41. The molecule has 1 aromatic heterocycles. The number of hydrogen-bond donors (Lipinski definition) is 1. The first-order valence-electron chi connectivity index (χ1n) is 10.1. The van der Waals surface area contributed by atoms with Crippen LogP contribution < -0.4 is 5.43 Å². The lowest BCUT2D eigenvalue weighted by atomic mass is 9.68. The number of Topliss-reactive ketones (excluding diaryl/α,β-unsaturated/α-hetero) is 1. The maximum atomic E-state index is 13.3. The number of hydrogen-bond acceptors (Lipinski definition) is 4. The molecule has 2 aromatic carbocycles. The number of aliphatic hydroxyl groups excluding tert-OH is 1. The Hall–Kier alpha value is -3.14. The fraction of sp³-hybridized carbons (Fsp3) is 0.280. The van der Waals surface area contributed by atoms with Crippen LogP contribution >= 0.6 is 0 Å². The zero-order chi connectivity index (χ0) is 20.8. The number of benzene rings is 2. The highest BCUT2D eigenvalue weighted by Gasteiger charge is 2.48. The largest absolute Gasteiger partial charge is 0.507 e. The Labute approximate surface area is 169 Å². The van der Waals surface area contributed by atoms with Crippen LogP contribution in [0.3, 0.4) is 0 Å². The van der Waals surface area contributed by atoms with Crippen molar-refractivity contribution in [3.63, 3.8) is 0 Å². The van der Waals surface area contributed by atoms with Crippen LogP contribution in [0.5, 0.6) is 0 Å². The van der Waals surface area contributed by atoms with Gasteiger partial charge < -0.3 is 9.52 Å². The first-order chi connectivity index (χ1) is 14.0. The summed E-state index contributed by atoms with van der Waals surface area (Å²) in [6.45, 7) is 5.66. The van der Waals surface area contributed by atoms with E-state index in [0.717, 1.165) is 16.3 Å². The van der Waals surface area contributed by atoms with Gasteiger partial charge in [-0.2, -0.15) is 0 Å². The maximum absolute atomic E-state index is 13.3. The van der Waals surface area contributed by atoms with E-state index in [1.54, 1.807) is 0 Å². The Kier molecular flexibility index (Phi) is 4.65. The van der Waals surface area contributed by atoms with Crippen molar-refractivity contribution in [1.29, 1.82) is 0 Å². The molecule has 4 rings (SSSR count). The van der Waals surface area contributed by atoms with Gasteiger partial charge in [0.25, 0.3) is 0 Å². The second kappa shape index (κ2) is 7.03. The first kappa shape index (κ1) is 19.2. The molecule has 4 nitrogen and oxygen atoms in total. The molecule has 0 radical (unpaired) electrons. The second-order valence-electron chi connectivity index (χ2n) is 7.54. The van der Waals surface area contributed by atoms with Gasteiger partial charge in [-0.1, -0.05) is 57.2 Å². The van der Waals surface area contributed by atoms with Crippen LogP contribution in [-0.2, 0) is 10.2 Å². The van der Waals surface area contributed by atoms with Gasteiger partial charge in [-0.25, -0.2) is 0 Å². The van der Waals surface area contributed by atoms with Gasteiger partial charge in [0.05, 0.1) is 5.41 Å². The topological polar surface area (TPSA) is 67.5 Å². The van der Waals surface area contributed by atoms with Gasteiger partial charge in [0.1, 0.15) is 22.8 Å². The summed E-state index contributed by atoms with van der Waals surface area (Å²) in [6.07, 6.45) is 1.37. The van der Waals surface area contributed by atoms with Crippen molar-refractivity contribution in [2.75, 3.05) is 0 Å². The molecule has 0 spiro atoms. The third kappa shape index (κ3) is 2.74. The Balaban J connectivity index is 2.01. The van der Waals surface area contributed by atoms with Gasteiger partial charge in [0.2, 0.25) is 0 Å². The zero-order valence-electron chi connectivity index (χ0n) is 16.9. The van der Waals surface area contributed by atoms with E-state index in [2.05, 4.69) is 0 Å². The average molecular weight is 388 g/mol. The van der Waals surface area contributed by atoms with Crippen LogP contribution in [-0.4, -0.2) is 10.9 Å². The first-order valence-corrected chi connectivity index (χ1v) is 10.1. The number of carbonyl (C=O) groups excluding carboxylic acids is 1. The van der Waals surface area contributed by atoms with Gasteiger partial charge in [0, 0.05) is 17.2 Å². The third-order valence-corrected chi connectivity index (χ3v) is 6.21. The van der Waals surface area contributed by atoms with Crippen LogP contribution in [0, 0.1) is 0 Å². The molecular weight excluding hydrogens is 364 g/mol. The molecule has 3 aromatic rings. The summed E-state index contributed by atoms with van der Waals surface area (Å²) in [7, 11) is 0. The third-order valence-electron chi connectivity index (χ3n) is 6.21. The highest BCUT2D eigenvalue weighted by atomic mass is 16.3. The normalized spacial score (nSPS) is 15.6. The lowest BCUT2D eigenvalue weighted by molar-refractivity contribution is -0.122. The van der Waals surface area contributed by atoms with Crippen molar-refractivity contribution < 1.29 is 14.3 Å². The average Bonchev–Trinajstić information content (AvgIpc) is 2.74. The van der Waals surface area contributed by atoms with Crippen LogP contribution in [0.1, 0.15) is 51.4 Å². The summed E-state index contributed by atoms with van der Waals surface area (Å²) in [5.41, 5.74) is -0.0426. The van der Waals surface area contributed by atoms with Gasteiger partial charge in [-0.3, -0.25) is 9.59 Å². The summed E-state index contributed by atoms with van der Waals surface area (Å²) in [4.78, 5) is 26.3. The maximum Gasteiger partial charge on any atom is 0.196 e. The number of rotatable bonds is 4. The highest BCUT2D eigenvalue weighted by Crippen LogP contribution is 2.44. The number of allylic oxidation sites excluding steroid dienone is 1. The van der Waals surface area contributed by atoms with E-state index in [4.69, 9.17) is 4.42 Å². The summed E-state index contributed by atoms with van der Waals surface area (Å²) in [6, 6.07) is 15.2. The molecule has 148 valence electrons. The van der Waals surface area contributed by atoms with E-state index in [0.29, 0.717) is 30.6 Å². The van der Waals surface area contributed by atoms with Crippen molar-refractivity contribution in [3.8, 4) is 11.3 Å². The fourth-order valence-corrected chi connectivity index (χ4v) is 4.41. The molecule has 0 aliphatic heterocycles. The molecule has 4 heteroatoms. The van der Waals surface area contributed by atoms with Crippen molar-refractivity contribution >= 4 is 22.3 Å². The number of aliphatic hydroxyl groups is 1. The Morgan fingerprint density at radius 1 is 0.931 bits per heavy atom. The summed E-state index contributed by atoms with van der Waals surface area (Å²) < 4.78 is 6.23. The summed E-state index contributed by atoms with van der Waals surface area (Å²) >= 11 is 0. The van der Waals surface area contributed by atoms with E-state index < -0.39 is 5.41 Å². The van der Waals surface area contributed by atoms with E-state index in [1.807, 2.05) is 63.2 Å². The molecule has 0 fully saturated rings. The SMILES string of the molecule is CCC1=C(O)c2c(oc(-c3ccc4ccccc4c3)cc2=O)C(CC)(CC)C1=O. The Morgan fingerprint density at radius 3 is 2.28 bits per heavy atom. The number of ketones is 1. The van der Waals surface area contributed by atoms with Crippen LogP contribution in [0.15, 0.2) is 63.3 Å². The van der Waals surface area contributed by atoms with E-state index in [9.17, 15) is 14.7 Å². The fourth-order valence-electron chi connectivity index (χ4n) is 4.41. The van der Waals surface area contributed by atoms with E-state index in [-0.39, 0.29) is 28.3 Å². The van der Waals surface area contributed by atoms with Gasteiger partial charge >= 0.3 is 0 Å². The van der Waals surface area contributed by atoms with Crippen molar-refractivity contribution in [2.45, 2.75) is 45.4 Å². The van der Waals surface area contributed by atoms with Crippen LogP contribution in [0.4, 0.5) is 0 Å². The molecule has 29 heavy (non-hydrogen) atoms. The van der Waals surface area contributed by atoms with Crippen molar-refractivity contribution in [2.24, 2.45) is 0 Å². The molecular formula is C25H24O4. The predicted molar refractivity (Wildman–Crippen MR) is 115 cm³/mol. The molecule has 1 aliphatic carbocycles. The minimum absolute atomic E-state index is 0.134. The lowest BCUT2D eigenvalue weighted by Gasteiger charge is -2.35. The molecule has 1 aliphatic rings. The minimum Gasteiger partial charge on any atom is -0.507 e.